The number of fused-ring (bicyclic) bond motifs is 1. The average molecular weight is 424 g/mol. The monoisotopic (exact) mass is 423 g/mol. The first-order valence-electron chi connectivity index (χ1n) is 10.6. The van der Waals surface area contributed by atoms with Crippen LogP contribution < -0.4 is 16.0 Å². The third-order valence-electron chi connectivity index (χ3n) is 5.17. The number of amides is 2. The lowest BCUT2D eigenvalue weighted by molar-refractivity contribution is -0.116. The van der Waals surface area contributed by atoms with Gasteiger partial charge in [0.1, 0.15) is 0 Å². The molecule has 0 atom stereocenters. The predicted octanol–water partition coefficient (Wildman–Crippen LogP) is 5.46. The van der Waals surface area contributed by atoms with Gasteiger partial charge in [0.2, 0.25) is 11.8 Å². The van der Waals surface area contributed by atoms with Crippen molar-refractivity contribution in [3.8, 4) is 0 Å². The fourth-order valence-corrected chi connectivity index (χ4v) is 3.52. The highest BCUT2D eigenvalue weighted by molar-refractivity contribution is 5.98. The van der Waals surface area contributed by atoms with Crippen LogP contribution in [0.4, 0.5) is 17.1 Å². The molecule has 0 saturated heterocycles. The molecule has 4 aromatic carbocycles. The van der Waals surface area contributed by atoms with Crippen LogP contribution in [-0.2, 0) is 16.0 Å². The summed E-state index contributed by atoms with van der Waals surface area (Å²) in [4.78, 5) is 24.5. The molecular weight excluding hydrogens is 398 g/mol. The van der Waals surface area contributed by atoms with E-state index >= 15 is 0 Å². The van der Waals surface area contributed by atoms with E-state index in [9.17, 15) is 9.59 Å². The van der Waals surface area contributed by atoms with Gasteiger partial charge in [0.05, 0.1) is 6.54 Å². The first-order valence-corrected chi connectivity index (χ1v) is 10.6. The number of hydrogen-bond acceptors (Lipinski definition) is 3. The summed E-state index contributed by atoms with van der Waals surface area (Å²) in [6.45, 7) is 0.159. The maximum Gasteiger partial charge on any atom is 0.243 e. The molecule has 2 amide bonds. The Hall–Kier alpha value is -4.12. The Labute approximate surface area is 187 Å². The van der Waals surface area contributed by atoms with Crippen LogP contribution in [0.2, 0.25) is 0 Å². The van der Waals surface area contributed by atoms with Crippen molar-refractivity contribution in [3.63, 3.8) is 0 Å². The molecule has 4 rings (SSSR count). The highest BCUT2D eigenvalue weighted by Gasteiger charge is 2.06. The molecule has 160 valence electrons. The van der Waals surface area contributed by atoms with Crippen molar-refractivity contribution in [3.05, 3.63) is 103 Å². The van der Waals surface area contributed by atoms with Gasteiger partial charge in [-0.15, -0.1) is 0 Å². The lowest BCUT2D eigenvalue weighted by atomic mass is 10.1. The zero-order valence-corrected chi connectivity index (χ0v) is 17.7. The highest BCUT2D eigenvalue weighted by atomic mass is 16.2. The van der Waals surface area contributed by atoms with Crippen molar-refractivity contribution < 1.29 is 9.59 Å². The van der Waals surface area contributed by atoms with E-state index in [0.717, 1.165) is 22.0 Å². The Morgan fingerprint density at radius 3 is 2.00 bits per heavy atom. The second kappa shape index (κ2) is 10.3. The fraction of sp³-hybridized carbons (Fsp3) is 0.111. The normalized spacial score (nSPS) is 10.5. The summed E-state index contributed by atoms with van der Waals surface area (Å²) in [5.41, 5.74) is 3.44. The third-order valence-corrected chi connectivity index (χ3v) is 5.17. The molecule has 0 aliphatic rings. The van der Waals surface area contributed by atoms with Gasteiger partial charge >= 0.3 is 0 Å². The van der Waals surface area contributed by atoms with Crippen LogP contribution in [0.5, 0.6) is 0 Å². The molecule has 32 heavy (non-hydrogen) atoms. The van der Waals surface area contributed by atoms with Gasteiger partial charge < -0.3 is 16.0 Å². The van der Waals surface area contributed by atoms with E-state index in [4.69, 9.17) is 0 Å². The number of anilines is 3. The minimum atomic E-state index is -0.141. The first kappa shape index (κ1) is 21.1. The second-order valence-electron chi connectivity index (χ2n) is 7.54. The molecule has 0 aliphatic carbocycles. The topological polar surface area (TPSA) is 70.2 Å². The van der Waals surface area contributed by atoms with Gasteiger partial charge in [-0.25, -0.2) is 0 Å². The molecule has 5 heteroatoms. The Kier molecular flexibility index (Phi) is 6.78. The van der Waals surface area contributed by atoms with Crippen LogP contribution >= 0.6 is 0 Å². The van der Waals surface area contributed by atoms with E-state index < -0.39 is 0 Å². The number of aryl methyl sites for hydroxylation is 1. The van der Waals surface area contributed by atoms with Gasteiger partial charge in [-0.2, -0.15) is 0 Å². The SMILES string of the molecule is O=C(CCc1ccccc1)Nc1ccc(NC(=O)CNc2cccc3ccccc23)cc1. The van der Waals surface area contributed by atoms with E-state index in [1.807, 2.05) is 72.8 Å². The molecule has 0 aromatic heterocycles. The first-order chi connectivity index (χ1) is 15.7. The maximum atomic E-state index is 12.4. The van der Waals surface area contributed by atoms with Crippen molar-refractivity contribution in [2.75, 3.05) is 22.5 Å². The summed E-state index contributed by atoms with van der Waals surface area (Å²) in [7, 11) is 0. The van der Waals surface area contributed by atoms with E-state index in [0.29, 0.717) is 24.2 Å². The number of hydrogen-bond donors (Lipinski definition) is 3. The predicted molar refractivity (Wildman–Crippen MR) is 131 cm³/mol. The van der Waals surface area contributed by atoms with E-state index in [1.165, 1.54) is 0 Å². The number of benzene rings is 4. The van der Waals surface area contributed by atoms with Gasteiger partial charge in [0.25, 0.3) is 0 Å². The van der Waals surface area contributed by atoms with E-state index in [2.05, 4.69) is 16.0 Å². The zero-order chi connectivity index (χ0) is 22.2. The Bertz CT molecular complexity index is 1200. The summed E-state index contributed by atoms with van der Waals surface area (Å²) >= 11 is 0. The maximum absolute atomic E-state index is 12.4. The largest absolute Gasteiger partial charge is 0.376 e. The number of carbonyl (C=O) groups excluding carboxylic acids is 2. The number of rotatable bonds is 8. The molecule has 0 spiro atoms. The zero-order valence-electron chi connectivity index (χ0n) is 17.7. The van der Waals surface area contributed by atoms with Gasteiger partial charge in [0, 0.05) is 28.9 Å². The molecule has 3 N–H and O–H groups in total. The van der Waals surface area contributed by atoms with Crippen molar-refractivity contribution in [1.82, 2.24) is 0 Å². The molecule has 0 saturated carbocycles. The Morgan fingerprint density at radius 2 is 1.25 bits per heavy atom. The van der Waals surface area contributed by atoms with Crippen LogP contribution in [0.3, 0.4) is 0 Å². The molecule has 0 bridgehead atoms. The summed E-state index contributed by atoms with van der Waals surface area (Å²) < 4.78 is 0. The summed E-state index contributed by atoms with van der Waals surface area (Å²) in [5, 5.41) is 11.2. The molecule has 0 unspecified atom stereocenters. The smallest absolute Gasteiger partial charge is 0.243 e. The lowest BCUT2D eigenvalue weighted by Gasteiger charge is -2.11. The van der Waals surface area contributed by atoms with Crippen molar-refractivity contribution in [2.45, 2.75) is 12.8 Å². The van der Waals surface area contributed by atoms with E-state index in [1.54, 1.807) is 24.3 Å². The van der Waals surface area contributed by atoms with Crippen LogP contribution in [0, 0.1) is 0 Å². The van der Waals surface area contributed by atoms with Crippen LogP contribution in [0.15, 0.2) is 97.1 Å². The molecule has 0 radical (unpaired) electrons. The summed E-state index contributed by atoms with van der Waals surface area (Å²) in [6.07, 6.45) is 1.12. The Balaban J connectivity index is 1.25. The Morgan fingerprint density at radius 1 is 0.625 bits per heavy atom. The van der Waals surface area contributed by atoms with Crippen molar-refractivity contribution in [1.29, 1.82) is 0 Å². The molecule has 0 aliphatic heterocycles. The quantitative estimate of drug-likeness (QED) is 0.352. The molecule has 0 heterocycles. The molecular formula is C27H25N3O2. The summed E-state index contributed by atoms with van der Waals surface area (Å²) in [5.74, 6) is -0.178. The standard InChI is InChI=1S/C27H25N3O2/c31-26(18-13-20-7-2-1-3-8-20)29-22-14-16-23(17-15-22)30-27(32)19-28-25-12-6-10-21-9-4-5-11-24(21)25/h1-12,14-17,28H,13,18-19H2,(H,29,31)(H,30,32). The highest BCUT2D eigenvalue weighted by Crippen LogP contribution is 2.22. The van der Waals surface area contributed by atoms with Crippen LogP contribution in [-0.4, -0.2) is 18.4 Å². The van der Waals surface area contributed by atoms with Crippen LogP contribution in [0.1, 0.15) is 12.0 Å². The van der Waals surface area contributed by atoms with Gasteiger partial charge in [0.15, 0.2) is 0 Å². The van der Waals surface area contributed by atoms with Crippen molar-refractivity contribution >= 4 is 39.6 Å². The van der Waals surface area contributed by atoms with Crippen LogP contribution in [0.25, 0.3) is 10.8 Å². The van der Waals surface area contributed by atoms with Gasteiger partial charge in [-0.3, -0.25) is 9.59 Å². The third kappa shape index (κ3) is 5.73. The number of nitrogens with one attached hydrogen (secondary N) is 3. The second-order valence-corrected chi connectivity index (χ2v) is 7.54. The van der Waals surface area contributed by atoms with E-state index in [-0.39, 0.29) is 18.4 Å². The minimum absolute atomic E-state index is 0.0371. The molecule has 4 aromatic rings. The van der Waals surface area contributed by atoms with Gasteiger partial charge in [-0.1, -0.05) is 66.7 Å². The molecule has 5 nitrogen and oxygen atoms in total. The number of carbonyl (C=O) groups is 2. The molecule has 0 fully saturated rings. The van der Waals surface area contributed by atoms with Gasteiger partial charge in [-0.05, 0) is 47.7 Å². The van der Waals surface area contributed by atoms with Crippen molar-refractivity contribution in [2.24, 2.45) is 0 Å². The minimum Gasteiger partial charge on any atom is -0.376 e. The average Bonchev–Trinajstić information content (AvgIpc) is 2.83. The fourth-order valence-electron chi connectivity index (χ4n) is 3.52. The summed E-state index contributed by atoms with van der Waals surface area (Å²) in [6, 6.07) is 31.1. The lowest BCUT2D eigenvalue weighted by Crippen LogP contribution is -2.21.